The van der Waals surface area contributed by atoms with Crippen LogP contribution in [0.2, 0.25) is 0 Å². The van der Waals surface area contributed by atoms with Gasteiger partial charge in [-0.25, -0.2) is 4.98 Å². The van der Waals surface area contributed by atoms with Gasteiger partial charge in [-0.1, -0.05) is 50.7 Å². The molecule has 2 saturated heterocycles. The van der Waals surface area contributed by atoms with Crippen LogP contribution in [0.4, 0.5) is 0 Å². The summed E-state index contributed by atoms with van der Waals surface area (Å²) in [6, 6.07) is 8.70. The van der Waals surface area contributed by atoms with Crippen LogP contribution in [0, 0.1) is 0 Å². The number of benzene rings is 1. The molecule has 3 fully saturated rings. The Kier molecular flexibility index (Phi) is 6.28. The Morgan fingerprint density at radius 3 is 2.06 bits per heavy atom. The van der Waals surface area contributed by atoms with E-state index in [-0.39, 0.29) is 6.04 Å². The zero-order valence-electron chi connectivity index (χ0n) is 18.6. The van der Waals surface area contributed by atoms with Gasteiger partial charge in [0.25, 0.3) is 5.56 Å². The minimum Gasteiger partial charge on any atom is -0.320 e. The molecule has 2 N–H and O–H groups in total. The van der Waals surface area contributed by atoms with Crippen molar-refractivity contribution >= 4 is 24.1 Å². The third-order valence-corrected chi connectivity index (χ3v) is 8.76. The molecular formula is C24H34N3O4P. The van der Waals surface area contributed by atoms with Crippen LogP contribution in [0.25, 0.3) is 11.0 Å². The maximum Gasteiger partial charge on any atom is 0.380 e. The number of nitrogens with zero attached hydrogens (tertiary/aromatic N) is 3. The summed E-state index contributed by atoms with van der Waals surface area (Å²) in [6.07, 6.45) is 14.5. The van der Waals surface area contributed by atoms with E-state index in [1.54, 1.807) is 16.7 Å². The number of hydrogen-bond donors (Lipinski definition) is 2. The van der Waals surface area contributed by atoms with E-state index in [1.165, 1.54) is 51.4 Å². The number of para-hydroxylation sites is 2. The number of aromatic nitrogens is 2. The first kappa shape index (κ1) is 22.3. The molecule has 2 aromatic rings. The maximum absolute atomic E-state index is 13.3. The Bertz CT molecular complexity index is 1060. The predicted octanol–water partition coefficient (Wildman–Crippen LogP) is 3.87. The number of hydrogen-bond acceptors (Lipinski definition) is 4. The SMILES string of the molecule is O=c1c(P(=O)(O)O)nc2ccccc2n1C1CC2CCCC(C1)N2C1CCCCCCC1. The smallest absolute Gasteiger partial charge is 0.320 e. The van der Waals surface area contributed by atoms with Gasteiger partial charge in [-0.15, -0.1) is 0 Å². The minimum atomic E-state index is -4.76. The van der Waals surface area contributed by atoms with Crippen LogP contribution in [-0.2, 0) is 4.57 Å². The highest BCUT2D eigenvalue weighted by molar-refractivity contribution is 7.59. The normalized spacial score (nSPS) is 28.4. The summed E-state index contributed by atoms with van der Waals surface area (Å²) in [5, 5.41) is 0. The highest BCUT2D eigenvalue weighted by atomic mass is 31.2. The molecule has 7 nitrogen and oxygen atoms in total. The Balaban J connectivity index is 1.52. The second-order valence-electron chi connectivity index (χ2n) is 9.95. The zero-order chi connectivity index (χ0) is 22.3. The van der Waals surface area contributed by atoms with Crippen LogP contribution < -0.4 is 11.0 Å². The molecule has 0 radical (unpaired) electrons. The Labute approximate surface area is 189 Å². The fourth-order valence-corrected chi connectivity index (χ4v) is 7.22. The minimum absolute atomic E-state index is 0.0548. The lowest BCUT2D eigenvalue weighted by molar-refractivity contribution is -0.0246. The van der Waals surface area contributed by atoms with E-state index in [0.29, 0.717) is 29.2 Å². The maximum atomic E-state index is 13.3. The largest absolute Gasteiger partial charge is 0.380 e. The lowest BCUT2D eigenvalue weighted by Crippen LogP contribution is -2.57. The number of rotatable bonds is 3. The summed E-state index contributed by atoms with van der Waals surface area (Å²) in [7, 11) is -4.76. The standard InChI is InChI=1S/C24H34N3O4P/c28-24-23(32(29,30)31)25-21-13-6-7-14-22(21)27(24)20-15-18-11-8-12-19(16-20)26(18)17-9-4-2-1-3-5-10-17/h6-7,13-14,17-20H,1-5,8-12,15-16H2,(H2,29,30,31). The topological polar surface area (TPSA) is 95.7 Å². The van der Waals surface area contributed by atoms with Gasteiger partial charge < -0.3 is 14.4 Å². The first-order chi connectivity index (χ1) is 15.4. The van der Waals surface area contributed by atoms with Gasteiger partial charge in [-0.05, 0) is 50.7 Å². The molecule has 2 unspecified atom stereocenters. The van der Waals surface area contributed by atoms with Crippen molar-refractivity contribution in [3.8, 4) is 0 Å². The van der Waals surface area contributed by atoms with Crippen molar-refractivity contribution < 1.29 is 14.4 Å². The van der Waals surface area contributed by atoms with Crippen molar-refractivity contribution in [3.63, 3.8) is 0 Å². The molecule has 2 bridgehead atoms. The van der Waals surface area contributed by atoms with E-state index in [2.05, 4.69) is 9.88 Å². The van der Waals surface area contributed by atoms with Crippen molar-refractivity contribution in [2.45, 2.75) is 101 Å². The summed E-state index contributed by atoms with van der Waals surface area (Å²) in [6.45, 7) is 0. The van der Waals surface area contributed by atoms with Crippen molar-refractivity contribution in [1.29, 1.82) is 0 Å². The lowest BCUT2D eigenvalue weighted by atomic mass is 9.79. The molecule has 32 heavy (non-hydrogen) atoms. The molecule has 1 aliphatic carbocycles. The number of piperidine rings is 2. The van der Waals surface area contributed by atoms with E-state index in [4.69, 9.17) is 0 Å². The molecule has 2 atom stereocenters. The third-order valence-electron chi connectivity index (χ3n) is 7.92. The van der Waals surface area contributed by atoms with Gasteiger partial charge in [0, 0.05) is 24.2 Å². The van der Waals surface area contributed by atoms with E-state index in [9.17, 15) is 19.1 Å². The fraction of sp³-hybridized carbons (Fsp3) is 0.667. The zero-order valence-corrected chi connectivity index (χ0v) is 19.5. The summed E-state index contributed by atoms with van der Waals surface area (Å²) >= 11 is 0. The van der Waals surface area contributed by atoms with Gasteiger partial charge in [-0.2, -0.15) is 0 Å². The van der Waals surface area contributed by atoms with Crippen LogP contribution >= 0.6 is 7.60 Å². The van der Waals surface area contributed by atoms with Crippen LogP contribution in [0.1, 0.15) is 83.1 Å². The van der Waals surface area contributed by atoms with Crippen LogP contribution in [0.3, 0.4) is 0 Å². The van der Waals surface area contributed by atoms with Gasteiger partial charge in [0.1, 0.15) is 0 Å². The molecule has 8 heteroatoms. The molecule has 0 spiro atoms. The van der Waals surface area contributed by atoms with Crippen LogP contribution in [-0.4, -0.2) is 42.4 Å². The van der Waals surface area contributed by atoms with E-state index >= 15 is 0 Å². The highest BCUT2D eigenvalue weighted by Gasteiger charge is 2.43. The molecule has 3 aliphatic rings. The van der Waals surface area contributed by atoms with E-state index < -0.39 is 18.6 Å². The van der Waals surface area contributed by atoms with Gasteiger partial charge in [0.2, 0.25) is 5.44 Å². The summed E-state index contributed by atoms with van der Waals surface area (Å²) < 4.78 is 13.7. The van der Waals surface area contributed by atoms with E-state index in [0.717, 1.165) is 25.7 Å². The lowest BCUT2D eigenvalue weighted by Gasteiger charge is -2.53. The van der Waals surface area contributed by atoms with Crippen molar-refractivity contribution in [2.75, 3.05) is 0 Å². The van der Waals surface area contributed by atoms with Crippen LogP contribution in [0.5, 0.6) is 0 Å². The fourth-order valence-electron chi connectivity index (χ4n) is 6.62. The molecule has 0 amide bonds. The molecule has 2 aliphatic heterocycles. The summed E-state index contributed by atoms with van der Waals surface area (Å²) in [4.78, 5) is 39.8. The Morgan fingerprint density at radius 2 is 1.41 bits per heavy atom. The van der Waals surface area contributed by atoms with Gasteiger partial charge >= 0.3 is 7.60 Å². The van der Waals surface area contributed by atoms with Crippen molar-refractivity contribution in [3.05, 3.63) is 34.6 Å². The molecule has 1 aromatic carbocycles. The molecule has 3 heterocycles. The predicted molar refractivity (Wildman–Crippen MR) is 125 cm³/mol. The monoisotopic (exact) mass is 459 g/mol. The Morgan fingerprint density at radius 1 is 0.812 bits per heavy atom. The third kappa shape index (κ3) is 4.21. The van der Waals surface area contributed by atoms with Gasteiger partial charge in [-0.3, -0.25) is 14.3 Å². The molecule has 1 saturated carbocycles. The number of fused-ring (bicyclic) bond motifs is 3. The second-order valence-corrected chi connectivity index (χ2v) is 11.5. The molecule has 174 valence electrons. The van der Waals surface area contributed by atoms with Crippen LogP contribution in [0.15, 0.2) is 29.1 Å². The van der Waals surface area contributed by atoms with Crippen molar-refractivity contribution in [1.82, 2.24) is 14.5 Å². The quantitative estimate of drug-likeness (QED) is 0.677. The first-order valence-electron chi connectivity index (χ1n) is 12.3. The van der Waals surface area contributed by atoms with Gasteiger partial charge in [0.15, 0.2) is 0 Å². The van der Waals surface area contributed by atoms with E-state index in [1.807, 2.05) is 12.1 Å². The average Bonchev–Trinajstić information content (AvgIpc) is 2.72. The summed E-state index contributed by atoms with van der Waals surface area (Å²) in [5.41, 5.74) is -0.0986. The molecule has 5 rings (SSSR count). The second kappa shape index (κ2) is 9.02. The highest BCUT2D eigenvalue weighted by Crippen LogP contribution is 2.43. The average molecular weight is 460 g/mol. The van der Waals surface area contributed by atoms with Gasteiger partial charge in [0.05, 0.1) is 11.0 Å². The molecule has 1 aromatic heterocycles. The first-order valence-corrected chi connectivity index (χ1v) is 13.9. The molecular weight excluding hydrogens is 425 g/mol. The summed E-state index contributed by atoms with van der Waals surface area (Å²) in [5.74, 6) is 0. The Hall–Kier alpha value is -1.53. The van der Waals surface area contributed by atoms with Crippen molar-refractivity contribution in [2.24, 2.45) is 0 Å².